The van der Waals surface area contributed by atoms with Crippen molar-refractivity contribution in [2.45, 2.75) is 32.5 Å². The highest BCUT2D eigenvalue weighted by Gasteiger charge is 2.30. The summed E-state index contributed by atoms with van der Waals surface area (Å²) in [5, 5.41) is 0. The Morgan fingerprint density at radius 1 is 1.35 bits per heavy atom. The average Bonchev–Trinajstić information content (AvgIpc) is 3.03. The van der Waals surface area contributed by atoms with Crippen LogP contribution in [0.2, 0.25) is 0 Å². The van der Waals surface area contributed by atoms with Gasteiger partial charge < -0.3 is 24.1 Å². The Kier molecular flexibility index (Phi) is 4.86. The second-order valence-electron chi connectivity index (χ2n) is 7.13. The van der Waals surface area contributed by atoms with Crippen LogP contribution in [0.15, 0.2) is 18.2 Å². The predicted octanol–water partition coefficient (Wildman–Crippen LogP) is 2.66. The molecular weight excluding hydrogens is 338 g/mol. The number of benzene rings is 1. The first-order valence-electron chi connectivity index (χ1n) is 8.44. The van der Waals surface area contributed by atoms with Gasteiger partial charge in [-0.2, -0.15) is 0 Å². The van der Waals surface area contributed by atoms with Crippen LogP contribution in [0.25, 0.3) is 11.0 Å². The number of hydrogen-bond donors (Lipinski definition) is 1. The third kappa shape index (κ3) is 3.96. The number of aromatic amines is 1. The normalized spacial score (nSPS) is 18.0. The number of morpholine rings is 1. The SMILES string of the molecule is COC(=O)c1ccc2nc(C3CN(C(=O)OC(C)(C)C)CCO3)[nH]c2c1. The van der Waals surface area contributed by atoms with Gasteiger partial charge in [0.2, 0.25) is 0 Å². The number of amides is 1. The Hall–Kier alpha value is -2.61. The van der Waals surface area contributed by atoms with E-state index in [9.17, 15) is 9.59 Å². The summed E-state index contributed by atoms with van der Waals surface area (Å²) in [6, 6.07) is 5.09. The molecule has 1 N–H and O–H groups in total. The van der Waals surface area contributed by atoms with E-state index in [4.69, 9.17) is 14.2 Å². The van der Waals surface area contributed by atoms with Crippen molar-refractivity contribution in [2.24, 2.45) is 0 Å². The molecule has 0 bridgehead atoms. The topological polar surface area (TPSA) is 93.8 Å². The van der Waals surface area contributed by atoms with E-state index in [2.05, 4.69) is 9.97 Å². The van der Waals surface area contributed by atoms with E-state index in [0.29, 0.717) is 42.1 Å². The van der Waals surface area contributed by atoms with Gasteiger partial charge in [0.15, 0.2) is 0 Å². The first-order chi connectivity index (χ1) is 12.3. The Labute approximate surface area is 151 Å². The van der Waals surface area contributed by atoms with Crippen LogP contribution >= 0.6 is 0 Å². The van der Waals surface area contributed by atoms with Gasteiger partial charge in [-0.25, -0.2) is 14.6 Å². The van der Waals surface area contributed by atoms with Gasteiger partial charge in [-0.15, -0.1) is 0 Å². The number of hydrogen-bond acceptors (Lipinski definition) is 6. The minimum absolute atomic E-state index is 0.346. The zero-order valence-corrected chi connectivity index (χ0v) is 15.4. The molecule has 8 nitrogen and oxygen atoms in total. The van der Waals surface area contributed by atoms with E-state index in [1.807, 2.05) is 20.8 Å². The fraction of sp³-hybridized carbons (Fsp3) is 0.500. The summed E-state index contributed by atoms with van der Waals surface area (Å²) in [5.41, 5.74) is 1.32. The molecule has 140 valence electrons. The lowest BCUT2D eigenvalue weighted by Gasteiger charge is -2.33. The number of nitrogens with one attached hydrogen (secondary N) is 1. The number of carbonyl (C=O) groups is 2. The van der Waals surface area contributed by atoms with Crippen molar-refractivity contribution in [1.29, 1.82) is 0 Å². The molecule has 2 aromatic rings. The van der Waals surface area contributed by atoms with Crippen LogP contribution in [-0.4, -0.2) is 59.3 Å². The first-order valence-corrected chi connectivity index (χ1v) is 8.44. The number of nitrogens with zero attached hydrogens (tertiary/aromatic N) is 2. The summed E-state index contributed by atoms with van der Waals surface area (Å²) in [6.45, 7) is 6.72. The number of H-pyrrole nitrogens is 1. The highest BCUT2D eigenvalue weighted by molar-refractivity contribution is 5.93. The van der Waals surface area contributed by atoms with Crippen LogP contribution in [0.3, 0.4) is 0 Å². The van der Waals surface area contributed by atoms with Crippen molar-refractivity contribution in [3.63, 3.8) is 0 Å². The molecule has 1 atom stereocenters. The number of fused-ring (bicyclic) bond motifs is 1. The molecule has 1 aromatic heterocycles. The maximum Gasteiger partial charge on any atom is 0.410 e. The lowest BCUT2D eigenvalue weighted by Crippen LogP contribution is -2.44. The molecule has 8 heteroatoms. The second-order valence-corrected chi connectivity index (χ2v) is 7.13. The monoisotopic (exact) mass is 361 g/mol. The van der Waals surface area contributed by atoms with Gasteiger partial charge in [0.1, 0.15) is 17.5 Å². The number of carbonyl (C=O) groups excluding carboxylic acids is 2. The van der Waals surface area contributed by atoms with Gasteiger partial charge >= 0.3 is 12.1 Å². The summed E-state index contributed by atoms with van der Waals surface area (Å²) in [4.78, 5) is 33.2. The van der Waals surface area contributed by atoms with Crippen molar-refractivity contribution >= 4 is 23.1 Å². The fourth-order valence-electron chi connectivity index (χ4n) is 2.73. The number of imidazole rings is 1. The van der Waals surface area contributed by atoms with E-state index in [-0.39, 0.29) is 12.2 Å². The zero-order chi connectivity index (χ0) is 18.9. The van der Waals surface area contributed by atoms with Crippen molar-refractivity contribution in [3.8, 4) is 0 Å². The molecule has 1 aliphatic rings. The van der Waals surface area contributed by atoms with Gasteiger partial charge in [0, 0.05) is 6.54 Å². The van der Waals surface area contributed by atoms with Gasteiger partial charge in [0.05, 0.1) is 36.9 Å². The molecule has 26 heavy (non-hydrogen) atoms. The smallest absolute Gasteiger partial charge is 0.410 e. The minimum atomic E-state index is -0.547. The Morgan fingerprint density at radius 3 is 2.81 bits per heavy atom. The van der Waals surface area contributed by atoms with Gasteiger partial charge in [-0.05, 0) is 39.0 Å². The van der Waals surface area contributed by atoms with E-state index < -0.39 is 11.6 Å². The number of aromatic nitrogens is 2. The molecule has 0 spiro atoms. The standard InChI is InChI=1S/C18H23N3O5/c1-18(2,3)26-17(23)21-7-8-25-14(10-21)15-19-12-6-5-11(16(22)24-4)9-13(12)20-15/h5-6,9,14H,7-8,10H2,1-4H3,(H,19,20). The maximum atomic E-state index is 12.3. The molecule has 1 fully saturated rings. The largest absolute Gasteiger partial charge is 0.465 e. The minimum Gasteiger partial charge on any atom is -0.465 e. The quantitative estimate of drug-likeness (QED) is 0.827. The molecule has 1 unspecified atom stereocenters. The zero-order valence-electron chi connectivity index (χ0n) is 15.4. The lowest BCUT2D eigenvalue weighted by molar-refractivity contribution is -0.0458. The van der Waals surface area contributed by atoms with Crippen molar-refractivity contribution < 1.29 is 23.8 Å². The number of rotatable bonds is 2. The van der Waals surface area contributed by atoms with E-state index >= 15 is 0 Å². The summed E-state index contributed by atoms with van der Waals surface area (Å²) in [6.07, 6.45) is -0.750. The van der Waals surface area contributed by atoms with Crippen LogP contribution in [0.5, 0.6) is 0 Å². The molecule has 1 amide bonds. The number of esters is 1. The Bertz CT molecular complexity index is 824. The van der Waals surface area contributed by atoms with Gasteiger partial charge in [0.25, 0.3) is 0 Å². The summed E-state index contributed by atoms with van der Waals surface area (Å²) in [7, 11) is 1.34. The molecule has 0 saturated carbocycles. The third-order valence-electron chi connectivity index (χ3n) is 3.94. The highest BCUT2D eigenvalue weighted by Crippen LogP contribution is 2.24. The third-order valence-corrected chi connectivity index (χ3v) is 3.94. The Morgan fingerprint density at radius 2 is 2.12 bits per heavy atom. The molecule has 0 radical (unpaired) electrons. The summed E-state index contributed by atoms with van der Waals surface area (Å²) >= 11 is 0. The second kappa shape index (κ2) is 6.95. The molecule has 1 aromatic carbocycles. The van der Waals surface area contributed by atoms with Crippen LogP contribution in [0, 0.1) is 0 Å². The van der Waals surface area contributed by atoms with Gasteiger partial charge in [-0.3, -0.25) is 0 Å². The Balaban J connectivity index is 1.77. The van der Waals surface area contributed by atoms with Crippen molar-refractivity contribution in [1.82, 2.24) is 14.9 Å². The van der Waals surface area contributed by atoms with Crippen LogP contribution < -0.4 is 0 Å². The maximum absolute atomic E-state index is 12.3. The summed E-state index contributed by atoms with van der Waals surface area (Å²) in [5.74, 6) is 0.198. The van der Waals surface area contributed by atoms with Crippen molar-refractivity contribution in [2.75, 3.05) is 26.8 Å². The van der Waals surface area contributed by atoms with Gasteiger partial charge in [-0.1, -0.05) is 0 Å². The highest BCUT2D eigenvalue weighted by atomic mass is 16.6. The molecule has 1 saturated heterocycles. The molecule has 0 aliphatic carbocycles. The molecular formula is C18H23N3O5. The van der Waals surface area contributed by atoms with E-state index in [0.717, 1.165) is 0 Å². The molecule has 3 rings (SSSR count). The predicted molar refractivity (Wildman–Crippen MR) is 93.9 cm³/mol. The fourth-order valence-corrected chi connectivity index (χ4v) is 2.73. The van der Waals surface area contributed by atoms with Crippen LogP contribution in [-0.2, 0) is 14.2 Å². The van der Waals surface area contributed by atoms with E-state index in [1.54, 1.807) is 23.1 Å². The van der Waals surface area contributed by atoms with Crippen LogP contribution in [0.1, 0.15) is 43.1 Å². The number of ether oxygens (including phenoxy) is 3. The molecule has 2 heterocycles. The molecule has 1 aliphatic heterocycles. The lowest BCUT2D eigenvalue weighted by atomic mass is 10.2. The average molecular weight is 361 g/mol. The number of methoxy groups -OCH3 is 1. The first kappa shape index (κ1) is 18.2. The summed E-state index contributed by atoms with van der Waals surface area (Å²) < 4.78 is 15.9. The van der Waals surface area contributed by atoms with Crippen LogP contribution in [0.4, 0.5) is 4.79 Å². The van der Waals surface area contributed by atoms with Crippen molar-refractivity contribution in [3.05, 3.63) is 29.6 Å². The van der Waals surface area contributed by atoms with E-state index in [1.165, 1.54) is 7.11 Å².